The maximum atomic E-state index is 4.67. The summed E-state index contributed by atoms with van der Waals surface area (Å²) in [6.45, 7) is 3.46. The molecule has 0 bridgehead atoms. The van der Waals surface area contributed by atoms with Crippen LogP contribution >= 0.6 is 0 Å². The molecule has 0 amide bonds. The molecule has 0 unspecified atom stereocenters. The van der Waals surface area contributed by atoms with Crippen LogP contribution < -0.4 is 0 Å². The van der Waals surface area contributed by atoms with E-state index in [-0.39, 0.29) is 0 Å². The second-order valence-electron chi connectivity index (χ2n) is 6.98. The normalized spacial score (nSPS) is 15.6. The van der Waals surface area contributed by atoms with Gasteiger partial charge in [0.25, 0.3) is 0 Å². The fraction of sp³-hybridized carbons (Fsp3) is 0.182. The van der Waals surface area contributed by atoms with Crippen molar-refractivity contribution >= 4 is 34.2 Å². The van der Waals surface area contributed by atoms with Crippen LogP contribution in [0.25, 0.3) is 21.8 Å². The highest BCUT2D eigenvalue weighted by Crippen LogP contribution is 2.17. The summed E-state index contributed by atoms with van der Waals surface area (Å²) in [4.78, 5) is 6.57. The lowest BCUT2D eigenvalue weighted by atomic mass is 10.2. The predicted molar refractivity (Wildman–Crippen MR) is 115 cm³/mol. The van der Waals surface area contributed by atoms with E-state index in [1.54, 1.807) is 0 Å². The number of aromatic amines is 2. The molecular formula is C22H22N6. The van der Waals surface area contributed by atoms with E-state index < -0.39 is 0 Å². The van der Waals surface area contributed by atoms with E-state index in [4.69, 9.17) is 0 Å². The standard InChI is InChI=1S/C22H22N6/c1-3-7-21-19(5-1)17(13-23-21)15-25-27-9-11-28(12-10-27)26-16-18-14-24-22-8-4-2-6-20(18)22/h1-8,13-16,23-24H,9-12H2/b25-15+,26-16+. The highest BCUT2D eigenvalue weighted by molar-refractivity contribution is 5.99. The average Bonchev–Trinajstić information content (AvgIpc) is 3.36. The minimum absolute atomic E-state index is 0.865. The quantitative estimate of drug-likeness (QED) is 0.539. The number of hydrazone groups is 2. The predicted octanol–water partition coefficient (Wildman–Crippen LogP) is 3.63. The van der Waals surface area contributed by atoms with Gasteiger partial charge in [0.2, 0.25) is 0 Å². The molecule has 0 atom stereocenters. The Labute approximate surface area is 163 Å². The van der Waals surface area contributed by atoms with Crippen LogP contribution in [0, 0.1) is 0 Å². The van der Waals surface area contributed by atoms with E-state index in [2.05, 4.69) is 66.6 Å². The fourth-order valence-corrected chi connectivity index (χ4v) is 3.61. The number of piperazine rings is 1. The third-order valence-corrected chi connectivity index (χ3v) is 5.20. The zero-order chi connectivity index (χ0) is 18.8. The first kappa shape index (κ1) is 16.6. The summed E-state index contributed by atoms with van der Waals surface area (Å²) in [5.74, 6) is 0. The molecule has 1 aliphatic rings. The molecule has 0 radical (unpaired) electrons. The Bertz CT molecular complexity index is 1050. The maximum Gasteiger partial charge on any atom is 0.0564 e. The topological polar surface area (TPSA) is 62.8 Å². The van der Waals surface area contributed by atoms with Crippen molar-refractivity contribution in [2.24, 2.45) is 10.2 Å². The summed E-state index contributed by atoms with van der Waals surface area (Å²) in [5.41, 5.74) is 4.52. The van der Waals surface area contributed by atoms with Gasteiger partial charge in [-0.3, -0.25) is 10.0 Å². The molecule has 140 valence electrons. The summed E-state index contributed by atoms with van der Waals surface area (Å²) >= 11 is 0. The molecule has 1 saturated heterocycles. The molecule has 0 aliphatic carbocycles. The first-order valence-corrected chi connectivity index (χ1v) is 9.57. The minimum atomic E-state index is 0.865. The van der Waals surface area contributed by atoms with Gasteiger partial charge in [-0.2, -0.15) is 10.2 Å². The van der Waals surface area contributed by atoms with Crippen LogP contribution in [0.3, 0.4) is 0 Å². The Balaban J connectivity index is 1.20. The number of hydrogen-bond donors (Lipinski definition) is 2. The number of nitrogens with zero attached hydrogens (tertiary/aromatic N) is 4. The van der Waals surface area contributed by atoms with Crippen molar-refractivity contribution in [1.29, 1.82) is 0 Å². The summed E-state index contributed by atoms with van der Waals surface area (Å²) in [6, 6.07) is 16.6. The SMILES string of the molecule is C(=N\N1CCN(/N=C/c2c[nH]c3ccccc23)CC1)/c1c[nH]c2ccccc12. The van der Waals surface area contributed by atoms with Crippen molar-refractivity contribution in [3.8, 4) is 0 Å². The highest BCUT2D eigenvalue weighted by Gasteiger charge is 2.13. The molecule has 2 aromatic heterocycles. The van der Waals surface area contributed by atoms with Crippen LogP contribution in [-0.4, -0.2) is 58.6 Å². The molecule has 0 saturated carbocycles. The molecule has 1 fully saturated rings. The smallest absolute Gasteiger partial charge is 0.0564 e. The Morgan fingerprint density at radius 2 is 1.07 bits per heavy atom. The molecule has 5 rings (SSSR count). The van der Waals surface area contributed by atoms with E-state index in [1.165, 1.54) is 10.8 Å². The molecule has 2 N–H and O–H groups in total. The molecule has 4 aromatic rings. The number of H-pyrrole nitrogens is 2. The fourth-order valence-electron chi connectivity index (χ4n) is 3.61. The number of aromatic nitrogens is 2. The van der Waals surface area contributed by atoms with E-state index >= 15 is 0 Å². The van der Waals surface area contributed by atoms with Gasteiger partial charge in [-0.05, 0) is 12.1 Å². The third kappa shape index (κ3) is 3.24. The molecule has 28 heavy (non-hydrogen) atoms. The number of para-hydroxylation sites is 2. The van der Waals surface area contributed by atoms with Gasteiger partial charge in [-0.25, -0.2) is 0 Å². The molecule has 6 nitrogen and oxygen atoms in total. The van der Waals surface area contributed by atoms with Crippen LogP contribution in [0.1, 0.15) is 11.1 Å². The van der Waals surface area contributed by atoms with Gasteiger partial charge in [-0.15, -0.1) is 0 Å². The lowest BCUT2D eigenvalue weighted by molar-refractivity contribution is 0.141. The first-order chi connectivity index (χ1) is 13.9. The van der Waals surface area contributed by atoms with Crippen molar-refractivity contribution in [3.63, 3.8) is 0 Å². The molecule has 1 aliphatic heterocycles. The van der Waals surface area contributed by atoms with Crippen LogP contribution in [-0.2, 0) is 0 Å². The van der Waals surface area contributed by atoms with Gasteiger partial charge in [0.1, 0.15) is 0 Å². The highest BCUT2D eigenvalue weighted by atomic mass is 15.5. The maximum absolute atomic E-state index is 4.67. The number of nitrogens with one attached hydrogen (secondary N) is 2. The second kappa shape index (κ2) is 7.23. The summed E-state index contributed by atoms with van der Waals surface area (Å²) in [7, 11) is 0. The molecule has 3 heterocycles. The molecule has 2 aromatic carbocycles. The zero-order valence-electron chi connectivity index (χ0n) is 15.5. The Kier molecular flexibility index (Phi) is 4.29. The summed E-state index contributed by atoms with van der Waals surface area (Å²) in [6.07, 6.45) is 7.92. The monoisotopic (exact) mass is 370 g/mol. The van der Waals surface area contributed by atoms with Crippen molar-refractivity contribution < 1.29 is 0 Å². The molecular weight excluding hydrogens is 348 g/mol. The van der Waals surface area contributed by atoms with Gasteiger partial charge in [0.15, 0.2) is 0 Å². The number of hydrogen-bond acceptors (Lipinski definition) is 4. The lowest BCUT2D eigenvalue weighted by Gasteiger charge is -2.31. The zero-order valence-corrected chi connectivity index (χ0v) is 15.5. The molecule has 0 spiro atoms. The lowest BCUT2D eigenvalue weighted by Crippen LogP contribution is -2.41. The average molecular weight is 370 g/mol. The van der Waals surface area contributed by atoms with Crippen molar-refractivity contribution in [1.82, 2.24) is 20.0 Å². The Hall–Kier alpha value is -3.54. The van der Waals surface area contributed by atoms with Crippen LogP contribution in [0.5, 0.6) is 0 Å². The Morgan fingerprint density at radius 1 is 0.643 bits per heavy atom. The van der Waals surface area contributed by atoms with Crippen LogP contribution in [0.2, 0.25) is 0 Å². The van der Waals surface area contributed by atoms with E-state index in [1.807, 2.05) is 37.0 Å². The van der Waals surface area contributed by atoms with Crippen LogP contribution in [0.4, 0.5) is 0 Å². The second-order valence-corrected chi connectivity index (χ2v) is 6.98. The van der Waals surface area contributed by atoms with Crippen molar-refractivity contribution in [2.45, 2.75) is 0 Å². The number of rotatable bonds is 4. The van der Waals surface area contributed by atoms with Crippen molar-refractivity contribution in [2.75, 3.05) is 26.2 Å². The van der Waals surface area contributed by atoms with Gasteiger partial charge in [-0.1, -0.05) is 36.4 Å². The van der Waals surface area contributed by atoms with Gasteiger partial charge in [0, 0.05) is 45.3 Å². The number of benzene rings is 2. The van der Waals surface area contributed by atoms with E-state index in [9.17, 15) is 0 Å². The minimum Gasteiger partial charge on any atom is -0.361 e. The van der Waals surface area contributed by atoms with E-state index in [0.717, 1.165) is 48.3 Å². The molecule has 6 heteroatoms. The van der Waals surface area contributed by atoms with Gasteiger partial charge < -0.3 is 9.97 Å². The van der Waals surface area contributed by atoms with Gasteiger partial charge >= 0.3 is 0 Å². The number of fused-ring (bicyclic) bond motifs is 2. The summed E-state index contributed by atoms with van der Waals surface area (Å²) in [5, 5.41) is 16.0. The van der Waals surface area contributed by atoms with Crippen LogP contribution in [0.15, 0.2) is 71.1 Å². The Morgan fingerprint density at radius 3 is 1.54 bits per heavy atom. The summed E-state index contributed by atoms with van der Waals surface area (Å²) < 4.78 is 0. The largest absolute Gasteiger partial charge is 0.361 e. The van der Waals surface area contributed by atoms with E-state index in [0.29, 0.717) is 0 Å². The first-order valence-electron chi connectivity index (χ1n) is 9.57. The third-order valence-electron chi connectivity index (χ3n) is 5.20. The van der Waals surface area contributed by atoms with Gasteiger partial charge in [0.05, 0.1) is 38.6 Å². The van der Waals surface area contributed by atoms with Crippen molar-refractivity contribution in [3.05, 3.63) is 72.1 Å².